The lowest BCUT2D eigenvalue weighted by Gasteiger charge is -2.32. The van der Waals surface area contributed by atoms with E-state index in [1.54, 1.807) is 17.0 Å². The Bertz CT molecular complexity index is 837. The molecule has 154 valence electrons. The molecular formula is C22H27N3O4. The van der Waals surface area contributed by atoms with Gasteiger partial charge in [0.1, 0.15) is 0 Å². The Morgan fingerprint density at radius 3 is 2.41 bits per heavy atom. The summed E-state index contributed by atoms with van der Waals surface area (Å²) in [6.07, 6.45) is 3.04. The highest BCUT2D eigenvalue weighted by Gasteiger charge is 2.26. The van der Waals surface area contributed by atoms with Crippen molar-refractivity contribution in [3.63, 3.8) is 0 Å². The molecule has 0 aliphatic carbocycles. The molecule has 0 radical (unpaired) electrons. The van der Waals surface area contributed by atoms with Crippen LogP contribution in [0.5, 0.6) is 0 Å². The average molecular weight is 397 g/mol. The second-order valence-corrected chi connectivity index (χ2v) is 7.48. The van der Waals surface area contributed by atoms with Crippen LogP contribution in [0, 0.1) is 6.92 Å². The quantitative estimate of drug-likeness (QED) is 0.784. The van der Waals surface area contributed by atoms with Crippen molar-refractivity contribution in [1.82, 2.24) is 15.5 Å². The van der Waals surface area contributed by atoms with Gasteiger partial charge in [-0.25, -0.2) is 0 Å². The molecule has 0 bridgehead atoms. The minimum atomic E-state index is -0.367. The number of carbonyl (C=O) groups excluding carboxylic acids is 3. The molecule has 1 fully saturated rings. The van der Waals surface area contributed by atoms with Gasteiger partial charge in [-0.3, -0.25) is 14.4 Å². The zero-order valence-corrected chi connectivity index (χ0v) is 16.8. The number of aryl methyl sites for hydroxylation is 1. The summed E-state index contributed by atoms with van der Waals surface area (Å²) >= 11 is 0. The predicted molar refractivity (Wildman–Crippen MR) is 108 cm³/mol. The molecular weight excluding hydrogens is 370 g/mol. The maximum atomic E-state index is 12.6. The van der Waals surface area contributed by atoms with Crippen LogP contribution >= 0.6 is 0 Å². The molecule has 0 spiro atoms. The van der Waals surface area contributed by atoms with Gasteiger partial charge >= 0.3 is 0 Å². The SMILES string of the molecule is CC(=O)NC(CC(=O)NC1CCN(C(=O)c2ccco2)CC1)c1ccc(C)cc1. The number of rotatable bonds is 6. The first kappa shape index (κ1) is 20.6. The second-order valence-electron chi connectivity index (χ2n) is 7.48. The molecule has 1 unspecified atom stereocenters. The zero-order chi connectivity index (χ0) is 20.8. The van der Waals surface area contributed by atoms with Gasteiger partial charge in [0.05, 0.1) is 18.7 Å². The molecule has 3 rings (SSSR count). The molecule has 1 aliphatic rings. The Labute approximate surface area is 170 Å². The van der Waals surface area contributed by atoms with Gasteiger partial charge in [-0.05, 0) is 37.5 Å². The van der Waals surface area contributed by atoms with Crippen molar-refractivity contribution in [2.45, 2.75) is 45.2 Å². The number of amides is 3. The Morgan fingerprint density at radius 2 is 1.83 bits per heavy atom. The van der Waals surface area contributed by atoms with Crippen LogP contribution in [0.1, 0.15) is 53.9 Å². The number of hydrogen-bond acceptors (Lipinski definition) is 4. The Morgan fingerprint density at radius 1 is 1.14 bits per heavy atom. The maximum Gasteiger partial charge on any atom is 0.289 e. The second kappa shape index (κ2) is 9.41. The Kier molecular flexibility index (Phi) is 6.69. The van der Waals surface area contributed by atoms with Crippen LogP contribution < -0.4 is 10.6 Å². The summed E-state index contributed by atoms with van der Waals surface area (Å²) in [4.78, 5) is 38.2. The summed E-state index contributed by atoms with van der Waals surface area (Å²) in [5, 5.41) is 5.90. The third kappa shape index (κ3) is 5.70. The number of furan rings is 1. The lowest BCUT2D eigenvalue weighted by atomic mass is 10.0. The van der Waals surface area contributed by atoms with Gasteiger partial charge < -0.3 is 20.0 Å². The van der Waals surface area contributed by atoms with E-state index in [1.807, 2.05) is 31.2 Å². The minimum Gasteiger partial charge on any atom is -0.459 e. The predicted octanol–water partition coefficient (Wildman–Crippen LogP) is 2.58. The molecule has 1 aromatic carbocycles. The molecule has 1 atom stereocenters. The van der Waals surface area contributed by atoms with E-state index in [1.165, 1.54) is 13.2 Å². The van der Waals surface area contributed by atoms with Crippen LogP contribution in [-0.2, 0) is 9.59 Å². The number of hydrogen-bond donors (Lipinski definition) is 2. The molecule has 2 N–H and O–H groups in total. The van der Waals surface area contributed by atoms with Crippen LogP contribution in [0.2, 0.25) is 0 Å². The molecule has 2 aromatic rings. The van der Waals surface area contributed by atoms with Gasteiger partial charge in [0.15, 0.2) is 5.76 Å². The third-order valence-corrected chi connectivity index (χ3v) is 5.13. The molecule has 2 heterocycles. The lowest BCUT2D eigenvalue weighted by molar-refractivity contribution is -0.123. The van der Waals surface area contributed by atoms with E-state index in [4.69, 9.17) is 4.42 Å². The molecule has 7 nitrogen and oxygen atoms in total. The summed E-state index contributed by atoms with van der Waals surface area (Å²) in [5.74, 6) is -0.0677. The van der Waals surface area contributed by atoms with E-state index in [0.29, 0.717) is 31.7 Å². The number of carbonyl (C=O) groups is 3. The van der Waals surface area contributed by atoms with E-state index in [-0.39, 0.29) is 36.2 Å². The highest BCUT2D eigenvalue weighted by molar-refractivity contribution is 5.91. The molecule has 29 heavy (non-hydrogen) atoms. The van der Waals surface area contributed by atoms with Crippen molar-refractivity contribution < 1.29 is 18.8 Å². The Balaban J connectivity index is 1.52. The van der Waals surface area contributed by atoms with Crippen molar-refractivity contribution in [3.05, 3.63) is 59.5 Å². The normalized spacial score (nSPS) is 15.6. The van der Waals surface area contributed by atoms with Crippen molar-refractivity contribution in [1.29, 1.82) is 0 Å². The van der Waals surface area contributed by atoms with Gasteiger partial charge in [0.2, 0.25) is 11.8 Å². The number of benzene rings is 1. The molecule has 3 amide bonds. The third-order valence-electron chi connectivity index (χ3n) is 5.13. The van der Waals surface area contributed by atoms with Gasteiger partial charge in [-0.2, -0.15) is 0 Å². The van der Waals surface area contributed by atoms with Crippen LogP contribution in [-0.4, -0.2) is 41.8 Å². The van der Waals surface area contributed by atoms with Crippen molar-refractivity contribution in [3.8, 4) is 0 Å². The van der Waals surface area contributed by atoms with E-state index in [9.17, 15) is 14.4 Å². The summed E-state index contributed by atoms with van der Waals surface area (Å²) in [6.45, 7) is 4.58. The smallest absolute Gasteiger partial charge is 0.289 e. The summed E-state index contributed by atoms with van der Waals surface area (Å²) < 4.78 is 5.17. The van der Waals surface area contributed by atoms with Crippen LogP contribution in [0.25, 0.3) is 0 Å². The highest BCUT2D eigenvalue weighted by Crippen LogP contribution is 2.19. The summed E-state index contributed by atoms with van der Waals surface area (Å²) in [7, 11) is 0. The first-order chi connectivity index (χ1) is 13.9. The van der Waals surface area contributed by atoms with Gasteiger partial charge in [0.25, 0.3) is 5.91 Å². The largest absolute Gasteiger partial charge is 0.459 e. The minimum absolute atomic E-state index is 0.0131. The van der Waals surface area contributed by atoms with Crippen LogP contribution in [0.3, 0.4) is 0 Å². The summed E-state index contributed by atoms with van der Waals surface area (Å²) in [5.41, 5.74) is 2.02. The fourth-order valence-corrected chi connectivity index (χ4v) is 3.55. The van der Waals surface area contributed by atoms with Crippen LogP contribution in [0.15, 0.2) is 47.1 Å². The zero-order valence-electron chi connectivity index (χ0n) is 16.8. The van der Waals surface area contributed by atoms with E-state index < -0.39 is 0 Å². The number of nitrogens with zero attached hydrogens (tertiary/aromatic N) is 1. The number of piperidine rings is 1. The fraction of sp³-hybridized carbons (Fsp3) is 0.409. The highest BCUT2D eigenvalue weighted by atomic mass is 16.3. The topological polar surface area (TPSA) is 91.7 Å². The standard InChI is InChI=1S/C22H27N3O4/c1-15-5-7-17(8-6-15)19(23-16(2)26)14-21(27)24-18-9-11-25(12-10-18)22(28)20-4-3-13-29-20/h3-8,13,18-19H,9-12,14H2,1-2H3,(H,23,26)(H,24,27). The first-order valence-corrected chi connectivity index (χ1v) is 9.88. The summed E-state index contributed by atoms with van der Waals surface area (Å²) in [6, 6.07) is 10.8. The molecule has 1 saturated heterocycles. The van der Waals surface area contributed by atoms with E-state index >= 15 is 0 Å². The Hall–Kier alpha value is -3.09. The van der Waals surface area contributed by atoms with Gasteiger partial charge in [-0.1, -0.05) is 29.8 Å². The lowest BCUT2D eigenvalue weighted by Crippen LogP contribution is -2.47. The molecule has 1 aliphatic heterocycles. The van der Waals surface area contributed by atoms with Gasteiger partial charge in [-0.15, -0.1) is 0 Å². The van der Waals surface area contributed by atoms with Crippen molar-refractivity contribution in [2.24, 2.45) is 0 Å². The van der Waals surface area contributed by atoms with Crippen LogP contribution in [0.4, 0.5) is 0 Å². The monoisotopic (exact) mass is 397 g/mol. The fourth-order valence-electron chi connectivity index (χ4n) is 3.55. The first-order valence-electron chi connectivity index (χ1n) is 9.88. The number of nitrogens with one attached hydrogen (secondary N) is 2. The maximum absolute atomic E-state index is 12.6. The van der Waals surface area contributed by atoms with E-state index in [2.05, 4.69) is 10.6 Å². The molecule has 1 aromatic heterocycles. The van der Waals surface area contributed by atoms with Crippen molar-refractivity contribution >= 4 is 17.7 Å². The molecule has 7 heteroatoms. The average Bonchev–Trinajstić information content (AvgIpc) is 3.22. The van der Waals surface area contributed by atoms with E-state index in [0.717, 1.165) is 11.1 Å². The molecule has 0 saturated carbocycles. The van der Waals surface area contributed by atoms with Gasteiger partial charge in [0, 0.05) is 26.1 Å². The number of likely N-dealkylation sites (tertiary alicyclic amines) is 1. The van der Waals surface area contributed by atoms with Crippen molar-refractivity contribution in [2.75, 3.05) is 13.1 Å².